The Morgan fingerprint density at radius 3 is 2.66 bits per heavy atom. The van der Waals surface area contributed by atoms with Crippen LogP contribution in [-0.2, 0) is 9.53 Å². The Morgan fingerprint density at radius 2 is 2.00 bits per heavy atom. The number of nitrogens with zero attached hydrogens (tertiary/aromatic N) is 5. The van der Waals surface area contributed by atoms with Gasteiger partial charge in [-0.1, -0.05) is 6.08 Å². The van der Waals surface area contributed by atoms with Crippen LogP contribution in [0, 0.1) is 0 Å². The lowest BCUT2D eigenvalue weighted by Crippen LogP contribution is -2.56. The van der Waals surface area contributed by atoms with Gasteiger partial charge in [0.15, 0.2) is 0 Å². The number of alkyl halides is 3. The van der Waals surface area contributed by atoms with Gasteiger partial charge in [0, 0.05) is 65.4 Å². The minimum Gasteiger partial charge on any atom is -0.499 e. The third-order valence-electron chi connectivity index (χ3n) is 7.40. The number of carboxylic acid groups (broad SMARTS) is 1. The highest BCUT2D eigenvalue weighted by molar-refractivity contribution is 7.08. The summed E-state index contributed by atoms with van der Waals surface area (Å²) in [5, 5.41) is 13.5. The fraction of sp³-hybridized carbons (Fsp3) is 0.393. The minimum absolute atomic E-state index is 0.0899. The van der Waals surface area contributed by atoms with Gasteiger partial charge in [-0.15, -0.1) is 11.3 Å². The molecule has 0 saturated heterocycles. The van der Waals surface area contributed by atoms with E-state index in [0.717, 1.165) is 17.5 Å². The number of halogens is 3. The molecular formula is C28H30F3N5O4S. The molecule has 2 aromatic rings. The Balaban J connectivity index is 1.60. The molecule has 4 heterocycles. The van der Waals surface area contributed by atoms with E-state index in [0.29, 0.717) is 35.4 Å². The Morgan fingerprint density at radius 1 is 1.22 bits per heavy atom. The molecule has 0 spiro atoms. The van der Waals surface area contributed by atoms with Crippen molar-refractivity contribution in [1.29, 1.82) is 0 Å². The highest BCUT2D eigenvalue weighted by Crippen LogP contribution is 2.45. The number of methoxy groups -OCH3 is 2. The maximum absolute atomic E-state index is 13.9. The molecule has 5 rings (SSSR count). The predicted molar refractivity (Wildman–Crippen MR) is 149 cm³/mol. The van der Waals surface area contributed by atoms with Crippen LogP contribution in [0.2, 0.25) is 0 Å². The van der Waals surface area contributed by atoms with E-state index in [1.165, 1.54) is 24.5 Å². The molecule has 0 fully saturated rings. The zero-order valence-electron chi connectivity index (χ0n) is 22.9. The third kappa shape index (κ3) is 5.50. The molecule has 0 radical (unpaired) electrons. The summed E-state index contributed by atoms with van der Waals surface area (Å²) >= 11 is 1.37. The number of aromatic nitrogens is 1. The van der Waals surface area contributed by atoms with Gasteiger partial charge in [0.05, 0.1) is 38.4 Å². The number of rotatable bonds is 6. The largest absolute Gasteiger partial charge is 0.499 e. The number of anilines is 1. The number of ether oxygens (including phenoxy) is 2. The number of pyridine rings is 1. The number of hydrogen-bond acceptors (Lipinski definition) is 9. The first kappa shape index (κ1) is 28.5. The average Bonchev–Trinajstić information content (AvgIpc) is 3.40. The lowest BCUT2D eigenvalue weighted by molar-refractivity contribution is -0.138. The molecule has 2 aromatic heterocycles. The molecule has 3 aliphatic rings. The fourth-order valence-electron chi connectivity index (χ4n) is 5.67. The second kappa shape index (κ2) is 11.1. The van der Waals surface area contributed by atoms with E-state index in [-0.39, 0.29) is 12.5 Å². The molecule has 0 bridgehead atoms. The van der Waals surface area contributed by atoms with Crippen LogP contribution in [-0.4, -0.2) is 70.8 Å². The average molecular weight is 590 g/mol. The fourth-order valence-corrected chi connectivity index (χ4v) is 6.48. The van der Waals surface area contributed by atoms with Crippen LogP contribution in [0.3, 0.4) is 0 Å². The van der Waals surface area contributed by atoms with E-state index < -0.39 is 36.2 Å². The smallest absolute Gasteiger partial charge is 0.412 e. The summed E-state index contributed by atoms with van der Waals surface area (Å²) in [6.07, 6.45) is 0.603. The normalized spacial score (nSPS) is 22.8. The number of aliphatic carboxylic acids is 1. The molecule has 0 aromatic carbocycles. The van der Waals surface area contributed by atoms with Crippen molar-refractivity contribution in [3.63, 3.8) is 0 Å². The highest BCUT2D eigenvalue weighted by Gasteiger charge is 2.45. The second-order valence-corrected chi connectivity index (χ2v) is 10.8. The molecule has 41 heavy (non-hydrogen) atoms. The van der Waals surface area contributed by atoms with Gasteiger partial charge in [0.1, 0.15) is 5.76 Å². The zero-order chi connectivity index (χ0) is 29.5. The summed E-state index contributed by atoms with van der Waals surface area (Å²) in [7, 11) is 2.95. The van der Waals surface area contributed by atoms with Gasteiger partial charge in [-0.2, -0.15) is 13.2 Å². The Kier molecular flexibility index (Phi) is 7.73. The lowest BCUT2D eigenvalue weighted by atomic mass is 9.92. The first-order valence-electron chi connectivity index (χ1n) is 12.9. The van der Waals surface area contributed by atoms with Crippen molar-refractivity contribution >= 4 is 34.6 Å². The van der Waals surface area contributed by atoms with Crippen molar-refractivity contribution in [1.82, 2.24) is 14.8 Å². The predicted octanol–water partition coefficient (Wildman–Crippen LogP) is 5.83. The Bertz CT molecular complexity index is 1450. The van der Waals surface area contributed by atoms with Gasteiger partial charge in [-0.05, 0) is 31.4 Å². The molecular weight excluding hydrogens is 559 g/mol. The summed E-state index contributed by atoms with van der Waals surface area (Å²) in [6, 6.07) is 1.93. The monoisotopic (exact) mass is 589 g/mol. The van der Waals surface area contributed by atoms with Gasteiger partial charge in [-0.25, -0.2) is 9.98 Å². The van der Waals surface area contributed by atoms with E-state index in [1.807, 2.05) is 47.8 Å². The quantitative estimate of drug-likeness (QED) is 0.450. The molecule has 1 aliphatic carbocycles. The van der Waals surface area contributed by atoms with Crippen molar-refractivity contribution < 1.29 is 32.5 Å². The Labute approximate surface area is 239 Å². The molecule has 2 aliphatic heterocycles. The van der Waals surface area contributed by atoms with E-state index >= 15 is 0 Å². The van der Waals surface area contributed by atoms with Gasteiger partial charge >= 0.3 is 12.1 Å². The summed E-state index contributed by atoms with van der Waals surface area (Å²) in [5.41, 5.74) is 2.28. The van der Waals surface area contributed by atoms with E-state index in [2.05, 4.69) is 9.88 Å². The molecule has 0 saturated carbocycles. The van der Waals surface area contributed by atoms with E-state index in [1.54, 1.807) is 18.2 Å². The number of hydrogen-bond donors (Lipinski definition) is 1. The number of aliphatic imine (C=N–C) groups is 1. The SMILES string of the molecule is COC1=CC=C(C(F)(F)F)CC1N1C(N2C=C(C)N(c3ccnc(OC)c3)[C@H](C)C2)=Nc2cscc2[C@@H]1CC(=O)O. The molecule has 1 unspecified atom stereocenters. The standard InChI is InChI=1S/C28H30F3N5O4S/c1-16-12-34(13-17(2)35(16)19-7-8-32-25(10-19)40-4)27-33-21-15-41-14-20(21)22(11-26(37)38)36(27)23-9-18(28(29,30)31)5-6-24(23)39-3/h5-8,10,12,14-15,17,22-23H,9,11,13H2,1-4H3,(H,37,38)/t17-,22+,23?/m1/s1. The maximum Gasteiger partial charge on any atom is 0.412 e. The van der Waals surface area contributed by atoms with Crippen LogP contribution in [0.25, 0.3) is 0 Å². The van der Waals surface area contributed by atoms with Crippen molar-refractivity contribution in [3.05, 3.63) is 70.0 Å². The number of guanidine groups is 1. The summed E-state index contributed by atoms with van der Waals surface area (Å²) in [5.74, 6) is 0.0759. The third-order valence-corrected chi connectivity index (χ3v) is 8.15. The van der Waals surface area contributed by atoms with Crippen LogP contribution >= 0.6 is 11.3 Å². The second-order valence-electron chi connectivity index (χ2n) is 10.0. The van der Waals surface area contributed by atoms with Gasteiger partial charge < -0.3 is 29.3 Å². The first-order valence-corrected chi connectivity index (χ1v) is 13.9. The molecule has 0 amide bonds. The highest BCUT2D eigenvalue weighted by atomic mass is 32.1. The van der Waals surface area contributed by atoms with Gasteiger partial charge in [0.25, 0.3) is 0 Å². The number of fused-ring (bicyclic) bond motifs is 1. The van der Waals surface area contributed by atoms with E-state index in [9.17, 15) is 23.1 Å². The lowest BCUT2D eigenvalue weighted by Gasteiger charge is -2.48. The van der Waals surface area contributed by atoms with Gasteiger partial charge in [-0.3, -0.25) is 4.79 Å². The molecule has 1 N–H and O–H groups in total. The molecule has 3 atom stereocenters. The van der Waals surface area contributed by atoms with Crippen molar-refractivity contribution in [2.75, 3.05) is 25.7 Å². The number of carboxylic acids is 1. The zero-order valence-corrected chi connectivity index (χ0v) is 23.7. The number of thiophene rings is 1. The minimum atomic E-state index is -4.54. The maximum atomic E-state index is 13.9. The van der Waals surface area contributed by atoms with Gasteiger partial charge in [0.2, 0.25) is 11.8 Å². The molecule has 13 heteroatoms. The van der Waals surface area contributed by atoms with Crippen molar-refractivity contribution in [2.24, 2.45) is 4.99 Å². The molecule has 218 valence electrons. The van der Waals surface area contributed by atoms with Crippen LogP contribution < -0.4 is 9.64 Å². The van der Waals surface area contributed by atoms with Crippen molar-refractivity contribution in [2.45, 2.75) is 51.0 Å². The van der Waals surface area contributed by atoms with Crippen molar-refractivity contribution in [3.8, 4) is 5.88 Å². The topological polar surface area (TPSA) is 90.7 Å². The van der Waals surface area contributed by atoms with Crippen LogP contribution in [0.15, 0.2) is 69.5 Å². The Hall–Kier alpha value is -4.00. The number of allylic oxidation sites excluding steroid dienone is 3. The van der Waals surface area contributed by atoms with Crippen LogP contribution in [0.4, 0.5) is 24.5 Å². The summed E-state index contributed by atoms with van der Waals surface area (Å²) in [6.45, 7) is 4.39. The van der Waals surface area contributed by atoms with Crippen LogP contribution in [0.5, 0.6) is 5.88 Å². The summed E-state index contributed by atoms with van der Waals surface area (Å²) in [4.78, 5) is 26.9. The molecule has 9 nitrogen and oxygen atoms in total. The first-order chi connectivity index (χ1) is 19.5. The van der Waals surface area contributed by atoms with Crippen LogP contribution in [0.1, 0.15) is 38.3 Å². The van der Waals surface area contributed by atoms with E-state index in [4.69, 9.17) is 14.5 Å². The summed E-state index contributed by atoms with van der Waals surface area (Å²) < 4.78 is 52.6. The number of carbonyl (C=O) groups is 1.